The molecule has 1 fully saturated rings. The molecule has 3 rings (SSSR count). The van der Waals surface area contributed by atoms with E-state index in [1.165, 1.54) is 0 Å². The third-order valence-electron chi connectivity index (χ3n) is 3.74. The van der Waals surface area contributed by atoms with Gasteiger partial charge in [0.25, 0.3) is 0 Å². The molecule has 1 aromatic carbocycles. The van der Waals surface area contributed by atoms with E-state index in [0.717, 1.165) is 35.9 Å². The number of azo groups is 1. The molecule has 7 heteroatoms. The van der Waals surface area contributed by atoms with Gasteiger partial charge in [-0.15, -0.1) is 10.2 Å². The lowest BCUT2D eigenvalue weighted by Gasteiger charge is -2.09. The maximum Gasteiger partial charge on any atom is 0.218 e. The van der Waals surface area contributed by atoms with E-state index >= 15 is 0 Å². The number of nitrogens with one attached hydrogen (secondary N) is 2. The molecule has 0 aliphatic carbocycles. The summed E-state index contributed by atoms with van der Waals surface area (Å²) in [5, 5.41) is 22.2. The summed E-state index contributed by atoms with van der Waals surface area (Å²) >= 11 is 5.13. The zero-order valence-electron chi connectivity index (χ0n) is 12.3. The lowest BCUT2D eigenvalue weighted by atomic mass is 10.1. The molecule has 0 saturated carbocycles. The topological polar surface area (TPSA) is 82.0 Å². The Bertz CT molecular complexity index is 720. The van der Waals surface area contributed by atoms with Gasteiger partial charge < -0.3 is 20.1 Å². The fourth-order valence-corrected chi connectivity index (χ4v) is 2.70. The Morgan fingerprint density at radius 3 is 3.18 bits per heavy atom. The second-order valence-electron chi connectivity index (χ2n) is 5.34. The van der Waals surface area contributed by atoms with Gasteiger partial charge in [-0.2, -0.15) is 0 Å². The van der Waals surface area contributed by atoms with Gasteiger partial charge in [0.05, 0.1) is 11.6 Å². The number of benzene rings is 1. The van der Waals surface area contributed by atoms with Gasteiger partial charge in [0.15, 0.2) is 5.69 Å². The summed E-state index contributed by atoms with van der Waals surface area (Å²) in [5.41, 5.74) is 2.29. The Hall–Kier alpha value is -1.99. The van der Waals surface area contributed by atoms with E-state index in [9.17, 15) is 5.11 Å². The Labute approximate surface area is 133 Å². The summed E-state index contributed by atoms with van der Waals surface area (Å²) in [6.07, 6.45) is 2.32. The normalized spacial score (nSPS) is 18.3. The second kappa shape index (κ2) is 6.41. The monoisotopic (exact) mass is 318 g/mol. The first kappa shape index (κ1) is 14.9. The van der Waals surface area contributed by atoms with Crippen LogP contribution in [0.1, 0.15) is 18.4 Å². The summed E-state index contributed by atoms with van der Waals surface area (Å²) in [5.74, 6) is -0.00465. The molecule has 1 aliphatic rings. The third kappa shape index (κ3) is 3.10. The maximum atomic E-state index is 9.98. The Kier molecular flexibility index (Phi) is 4.35. The number of aromatic hydroxyl groups is 1. The predicted molar refractivity (Wildman–Crippen MR) is 88.8 cm³/mol. The molecule has 2 aromatic rings. The van der Waals surface area contributed by atoms with E-state index in [2.05, 4.69) is 20.5 Å². The largest absolute Gasteiger partial charge is 0.493 e. The van der Waals surface area contributed by atoms with Crippen LogP contribution in [0.3, 0.4) is 0 Å². The number of hydrogen-bond acceptors (Lipinski definition) is 4. The third-order valence-corrected chi connectivity index (χ3v) is 3.97. The van der Waals surface area contributed by atoms with Crippen molar-refractivity contribution >= 4 is 33.9 Å². The summed E-state index contributed by atoms with van der Waals surface area (Å²) < 4.78 is 5.50. The number of hydrogen-bond donors (Lipinski definition) is 3. The Balaban J connectivity index is 1.70. The highest BCUT2D eigenvalue weighted by molar-refractivity contribution is 7.80. The average Bonchev–Trinajstić information content (AvgIpc) is 3.11. The SMILES string of the molecule is Cc1cccc2c(N=NC(=S)NCC3CCCO3)c(O)[nH]c12. The number of aromatic nitrogens is 1. The molecule has 0 radical (unpaired) electrons. The number of rotatable bonds is 3. The van der Waals surface area contributed by atoms with Gasteiger partial charge in [0, 0.05) is 18.5 Å². The van der Waals surface area contributed by atoms with Crippen molar-refractivity contribution < 1.29 is 9.84 Å². The van der Waals surface area contributed by atoms with Gasteiger partial charge in [0.1, 0.15) is 0 Å². The van der Waals surface area contributed by atoms with Gasteiger partial charge in [0.2, 0.25) is 11.0 Å². The van der Waals surface area contributed by atoms with Crippen molar-refractivity contribution in [2.45, 2.75) is 25.9 Å². The number of ether oxygens (including phenoxy) is 1. The van der Waals surface area contributed by atoms with Gasteiger partial charge in [-0.3, -0.25) is 0 Å². The number of para-hydroxylation sites is 1. The van der Waals surface area contributed by atoms with Gasteiger partial charge >= 0.3 is 0 Å². The molecule has 6 nitrogen and oxygen atoms in total. The molecule has 116 valence electrons. The highest BCUT2D eigenvalue weighted by Crippen LogP contribution is 2.36. The molecule has 2 heterocycles. The van der Waals surface area contributed by atoms with E-state index in [1.54, 1.807) is 0 Å². The molecule has 1 unspecified atom stereocenters. The minimum absolute atomic E-state index is 0.00465. The first-order valence-corrected chi connectivity index (χ1v) is 7.67. The van der Waals surface area contributed by atoms with Crippen LogP contribution >= 0.6 is 12.2 Å². The van der Waals surface area contributed by atoms with Crippen molar-refractivity contribution in [1.29, 1.82) is 0 Å². The second-order valence-corrected chi connectivity index (χ2v) is 5.73. The predicted octanol–water partition coefficient (Wildman–Crippen LogP) is 3.32. The van der Waals surface area contributed by atoms with Crippen molar-refractivity contribution in [2.75, 3.05) is 13.2 Å². The van der Waals surface area contributed by atoms with E-state index in [4.69, 9.17) is 17.0 Å². The van der Waals surface area contributed by atoms with Crippen LogP contribution in [0.4, 0.5) is 5.69 Å². The van der Waals surface area contributed by atoms with E-state index in [-0.39, 0.29) is 17.1 Å². The molecular weight excluding hydrogens is 300 g/mol. The quantitative estimate of drug-likeness (QED) is 0.599. The number of thiocarbonyl (C=S) groups is 1. The molecule has 1 atom stereocenters. The highest BCUT2D eigenvalue weighted by Gasteiger charge is 2.15. The first-order chi connectivity index (χ1) is 10.6. The Morgan fingerprint density at radius 1 is 1.55 bits per heavy atom. The fourth-order valence-electron chi connectivity index (χ4n) is 2.57. The smallest absolute Gasteiger partial charge is 0.218 e. The van der Waals surface area contributed by atoms with Gasteiger partial charge in [-0.1, -0.05) is 18.2 Å². The van der Waals surface area contributed by atoms with Gasteiger partial charge in [-0.25, -0.2) is 0 Å². The van der Waals surface area contributed by atoms with Crippen molar-refractivity contribution in [1.82, 2.24) is 10.3 Å². The molecule has 0 spiro atoms. The first-order valence-electron chi connectivity index (χ1n) is 7.26. The molecule has 1 aromatic heterocycles. The molecule has 0 bridgehead atoms. The Morgan fingerprint density at radius 2 is 2.41 bits per heavy atom. The fraction of sp³-hybridized carbons (Fsp3) is 0.400. The standard InChI is InChI=1S/C15H18N4O2S/c1-9-4-2-6-11-12(9)17-14(20)13(11)18-19-15(22)16-8-10-5-3-7-21-10/h2,4,6,10,17,20H,3,5,7-8H2,1H3,(H,16,22). The zero-order chi connectivity index (χ0) is 15.5. The molecule has 1 aliphatic heterocycles. The van der Waals surface area contributed by atoms with E-state index in [1.807, 2.05) is 25.1 Å². The van der Waals surface area contributed by atoms with Gasteiger partial charge in [-0.05, 0) is 37.5 Å². The van der Waals surface area contributed by atoms with Crippen LogP contribution in [-0.4, -0.2) is 34.5 Å². The van der Waals surface area contributed by atoms with Crippen molar-refractivity contribution in [3.05, 3.63) is 23.8 Å². The molecule has 1 saturated heterocycles. The molecular formula is C15H18N4O2S. The summed E-state index contributed by atoms with van der Waals surface area (Å²) in [6, 6.07) is 5.76. The van der Waals surface area contributed by atoms with Crippen LogP contribution in [0.15, 0.2) is 28.4 Å². The number of nitrogens with zero attached hydrogens (tertiary/aromatic N) is 2. The van der Waals surface area contributed by atoms with Crippen LogP contribution in [0.5, 0.6) is 5.88 Å². The van der Waals surface area contributed by atoms with Crippen molar-refractivity contribution in [2.24, 2.45) is 10.2 Å². The number of H-pyrrole nitrogens is 1. The van der Waals surface area contributed by atoms with Crippen molar-refractivity contribution in [3.63, 3.8) is 0 Å². The minimum atomic E-state index is -0.00465. The summed E-state index contributed by atoms with van der Waals surface area (Å²) in [7, 11) is 0. The van der Waals surface area contributed by atoms with Crippen LogP contribution in [0, 0.1) is 6.92 Å². The number of fused-ring (bicyclic) bond motifs is 1. The van der Waals surface area contributed by atoms with Crippen LogP contribution < -0.4 is 5.32 Å². The van der Waals surface area contributed by atoms with Crippen molar-refractivity contribution in [3.8, 4) is 5.88 Å². The molecule has 22 heavy (non-hydrogen) atoms. The minimum Gasteiger partial charge on any atom is -0.493 e. The van der Waals surface area contributed by atoms with E-state index in [0.29, 0.717) is 12.2 Å². The lowest BCUT2D eigenvalue weighted by Crippen LogP contribution is -2.29. The molecule has 3 N–H and O–H groups in total. The lowest BCUT2D eigenvalue weighted by molar-refractivity contribution is 0.114. The zero-order valence-corrected chi connectivity index (χ0v) is 13.1. The van der Waals surface area contributed by atoms with Crippen LogP contribution in [0.2, 0.25) is 0 Å². The summed E-state index contributed by atoms with van der Waals surface area (Å²) in [6.45, 7) is 3.41. The number of aromatic amines is 1. The maximum absolute atomic E-state index is 9.98. The average molecular weight is 318 g/mol. The summed E-state index contributed by atoms with van der Waals surface area (Å²) in [4.78, 5) is 2.91. The van der Waals surface area contributed by atoms with Crippen LogP contribution in [-0.2, 0) is 4.74 Å². The van der Waals surface area contributed by atoms with E-state index < -0.39 is 0 Å². The number of aryl methyl sites for hydroxylation is 1. The highest BCUT2D eigenvalue weighted by atomic mass is 32.1. The van der Waals surface area contributed by atoms with Crippen LogP contribution in [0.25, 0.3) is 10.9 Å². The molecule has 0 amide bonds.